The predicted molar refractivity (Wildman–Crippen MR) is 96.6 cm³/mol. The molecule has 1 unspecified atom stereocenters. The number of amides is 1. The Morgan fingerprint density at radius 1 is 1.36 bits per heavy atom. The molecule has 2 heterocycles. The maximum atomic E-state index is 12.7. The second kappa shape index (κ2) is 7.53. The number of carbonyl (C=O) groups excluding carboxylic acids is 1. The Labute approximate surface area is 149 Å². The molecule has 1 fully saturated rings. The summed E-state index contributed by atoms with van der Waals surface area (Å²) < 4.78 is 0. The van der Waals surface area contributed by atoms with Crippen molar-refractivity contribution in [3.05, 3.63) is 51.9 Å². The highest BCUT2D eigenvalue weighted by Gasteiger charge is 2.33. The van der Waals surface area contributed by atoms with Crippen LogP contribution in [0, 0.1) is 11.3 Å². The monoisotopic (exact) mass is 354 g/mol. The number of nitrogens with one attached hydrogen (secondary N) is 1. The summed E-state index contributed by atoms with van der Waals surface area (Å²) in [5.74, 6) is -0.00162. The number of aryl methyl sites for hydroxylation is 1. The summed E-state index contributed by atoms with van der Waals surface area (Å²) in [7, 11) is 0. The number of anilines is 1. The minimum absolute atomic E-state index is 0.00162. The SMILES string of the molecule is CCCc1cc(=O)[nH]c(SC2CCN(c3ccc(C#N)cc3)C2=O)n1. The molecule has 0 saturated carbocycles. The fourth-order valence-corrected chi connectivity index (χ4v) is 3.84. The Hall–Kier alpha value is -2.59. The van der Waals surface area contributed by atoms with Crippen LogP contribution in [0.2, 0.25) is 0 Å². The van der Waals surface area contributed by atoms with Crippen molar-refractivity contribution in [1.29, 1.82) is 5.26 Å². The van der Waals surface area contributed by atoms with Gasteiger partial charge >= 0.3 is 0 Å². The summed E-state index contributed by atoms with van der Waals surface area (Å²) in [6.07, 6.45) is 2.34. The highest BCUT2D eigenvalue weighted by Crippen LogP contribution is 2.31. The molecule has 1 aromatic heterocycles. The van der Waals surface area contributed by atoms with Gasteiger partial charge in [-0.15, -0.1) is 0 Å². The van der Waals surface area contributed by atoms with E-state index in [1.807, 2.05) is 6.92 Å². The van der Waals surface area contributed by atoms with Crippen LogP contribution in [-0.4, -0.2) is 27.7 Å². The Morgan fingerprint density at radius 2 is 2.12 bits per heavy atom. The molecule has 128 valence electrons. The number of aromatic amines is 1. The van der Waals surface area contributed by atoms with Crippen LogP contribution in [0.15, 0.2) is 40.3 Å². The molecule has 0 spiro atoms. The molecule has 2 aromatic rings. The van der Waals surface area contributed by atoms with Gasteiger partial charge in [-0.25, -0.2) is 4.98 Å². The lowest BCUT2D eigenvalue weighted by molar-refractivity contribution is -0.116. The minimum atomic E-state index is -0.268. The summed E-state index contributed by atoms with van der Waals surface area (Å²) in [5.41, 5.74) is 1.92. The molecule has 0 radical (unpaired) electrons. The topological polar surface area (TPSA) is 89.9 Å². The molecule has 1 aliphatic heterocycles. The predicted octanol–water partition coefficient (Wildman–Crippen LogP) is 2.49. The quantitative estimate of drug-likeness (QED) is 0.833. The third kappa shape index (κ3) is 3.91. The fourth-order valence-electron chi connectivity index (χ4n) is 2.79. The molecule has 1 N–H and O–H groups in total. The Bertz CT molecular complexity index is 870. The van der Waals surface area contributed by atoms with Crippen molar-refractivity contribution in [3.8, 4) is 6.07 Å². The number of aromatic nitrogens is 2. The van der Waals surface area contributed by atoms with E-state index in [-0.39, 0.29) is 16.7 Å². The first-order chi connectivity index (χ1) is 12.1. The van der Waals surface area contributed by atoms with E-state index in [4.69, 9.17) is 5.26 Å². The Balaban J connectivity index is 1.74. The number of rotatable bonds is 5. The number of hydrogen-bond acceptors (Lipinski definition) is 5. The molecular weight excluding hydrogens is 336 g/mol. The maximum Gasteiger partial charge on any atom is 0.251 e. The molecule has 1 atom stereocenters. The van der Waals surface area contributed by atoms with E-state index >= 15 is 0 Å². The summed E-state index contributed by atoms with van der Waals surface area (Å²) in [4.78, 5) is 33.3. The van der Waals surface area contributed by atoms with Gasteiger partial charge in [-0.05, 0) is 37.1 Å². The molecule has 25 heavy (non-hydrogen) atoms. The number of thioether (sulfide) groups is 1. The van der Waals surface area contributed by atoms with Crippen LogP contribution in [0.1, 0.15) is 31.0 Å². The Kier molecular flexibility index (Phi) is 5.19. The second-order valence-corrected chi connectivity index (χ2v) is 7.03. The number of hydrogen-bond donors (Lipinski definition) is 1. The van der Waals surface area contributed by atoms with Gasteiger partial charge in [-0.3, -0.25) is 9.59 Å². The van der Waals surface area contributed by atoms with E-state index in [1.54, 1.807) is 29.2 Å². The first-order valence-electron chi connectivity index (χ1n) is 8.19. The molecule has 1 aromatic carbocycles. The van der Waals surface area contributed by atoms with E-state index in [9.17, 15) is 9.59 Å². The third-order valence-corrected chi connectivity index (χ3v) is 5.14. The van der Waals surface area contributed by atoms with Crippen molar-refractivity contribution in [2.45, 2.75) is 36.6 Å². The van der Waals surface area contributed by atoms with Crippen LogP contribution in [0.25, 0.3) is 0 Å². The lowest BCUT2D eigenvalue weighted by Gasteiger charge is -2.16. The van der Waals surface area contributed by atoms with Crippen molar-refractivity contribution in [3.63, 3.8) is 0 Å². The van der Waals surface area contributed by atoms with Crippen LogP contribution in [0.4, 0.5) is 5.69 Å². The van der Waals surface area contributed by atoms with Gasteiger partial charge in [0.25, 0.3) is 5.56 Å². The number of nitriles is 1. The molecule has 7 heteroatoms. The zero-order valence-electron chi connectivity index (χ0n) is 13.9. The van der Waals surface area contributed by atoms with Gasteiger partial charge in [0, 0.05) is 24.0 Å². The van der Waals surface area contributed by atoms with E-state index in [1.165, 1.54) is 17.8 Å². The van der Waals surface area contributed by atoms with E-state index in [0.717, 1.165) is 24.2 Å². The normalized spacial score (nSPS) is 16.9. The molecule has 3 rings (SSSR count). The van der Waals surface area contributed by atoms with Crippen molar-refractivity contribution < 1.29 is 4.79 Å². The largest absolute Gasteiger partial charge is 0.311 e. The van der Waals surface area contributed by atoms with E-state index in [0.29, 0.717) is 23.7 Å². The molecule has 0 aliphatic carbocycles. The highest BCUT2D eigenvalue weighted by molar-refractivity contribution is 8.00. The van der Waals surface area contributed by atoms with Crippen LogP contribution in [0.3, 0.4) is 0 Å². The number of nitrogens with zero attached hydrogens (tertiary/aromatic N) is 3. The lowest BCUT2D eigenvalue weighted by Crippen LogP contribution is -2.28. The third-order valence-electron chi connectivity index (χ3n) is 4.00. The van der Waals surface area contributed by atoms with Crippen LogP contribution in [0.5, 0.6) is 0 Å². The zero-order valence-corrected chi connectivity index (χ0v) is 14.7. The van der Waals surface area contributed by atoms with Crippen molar-refractivity contribution in [1.82, 2.24) is 9.97 Å². The van der Waals surface area contributed by atoms with Gasteiger partial charge in [-0.2, -0.15) is 5.26 Å². The van der Waals surface area contributed by atoms with E-state index in [2.05, 4.69) is 16.0 Å². The van der Waals surface area contributed by atoms with Gasteiger partial charge in [0.2, 0.25) is 5.91 Å². The zero-order chi connectivity index (χ0) is 17.8. The number of benzene rings is 1. The molecular formula is C18H18N4O2S. The van der Waals surface area contributed by atoms with Gasteiger partial charge in [-0.1, -0.05) is 25.1 Å². The summed E-state index contributed by atoms with van der Waals surface area (Å²) >= 11 is 1.31. The fraction of sp³-hybridized carbons (Fsp3) is 0.333. The summed E-state index contributed by atoms with van der Waals surface area (Å²) in [6, 6.07) is 10.6. The minimum Gasteiger partial charge on any atom is -0.311 e. The average molecular weight is 354 g/mol. The van der Waals surface area contributed by atoms with Crippen LogP contribution in [-0.2, 0) is 11.2 Å². The van der Waals surface area contributed by atoms with Gasteiger partial charge in [0.05, 0.1) is 16.9 Å². The first-order valence-corrected chi connectivity index (χ1v) is 9.07. The number of H-pyrrole nitrogens is 1. The van der Waals surface area contributed by atoms with Gasteiger partial charge in [0.15, 0.2) is 5.16 Å². The lowest BCUT2D eigenvalue weighted by atomic mass is 10.2. The number of carbonyl (C=O) groups is 1. The summed E-state index contributed by atoms with van der Waals surface area (Å²) in [5, 5.41) is 9.09. The van der Waals surface area contributed by atoms with Crippen molar-refractivity contribution in [2.75, 3.05) is 11.4 Å². The average Bonchev–Trinajstić information content (AvgIpc) is 2.95. The molecule has 0 bridgehead atoms. The maximum absolute atomic E-state index is 12.7. The molecule has 1 amide bonds. The molecule has 6 nitrogen and oxygen atoms in total. The Morgan fingerprint density at radius 3 is 2.80 bits per heavy atom. The van der Waals surface area contributed by atoms with Crippen molar-refractivity contribution >= 4 is 23.4 Å². The highest BCUT2D eigenvalue weighted by atomic mass is 32.2. The molecule has 1 aliphatic rings. The van der Waals surface area contributed by atoms with E-state index < -0.39 is 0 Å². The smallest absolute Gasteiger partial charge is 0.251 e. The van der Waals surface area contributed by atoms with Crippen LogP contribution >= 0.6 is 11.8 Å². The van der Waals surface area contributed by atoms with Gasteiger partial charge in [0.1, 0.15) is 0 Å². The van der Waals surface area contributed by atoms with Gasteiger partial charge < -0.3 is 9.88 Å². The first kappa shape index (κ1) is 17.2. The second-order valence-electron chi connectivity index (χ2n) is 5.84. The van der Waals surface area contributed by atoms with Crippen molar-refractivity contribution in [2.24, 2.45) is 0 Å². The van der Waals surface area contributed by atoms with Crippen LogP contribution < -0.4 is 10.5 Å². The standard InChI is InChI=1S/C18H18N4O2S/c1-2-3-13-10-16(23)21-18(20-13)25-15-8-9-22(17(15)24)14-6-4-12(11-19)5-7-14/h4-7,10,15H,2-3,8-9H2,1H3,(H,20,21,23). The summed E-state index contributed by atoms with van der Waals surface area (Å²) in [6.45, 7) is 2.65. The molecule has 1 saturated heterocycles.